The van der Waals surface area contributed by atoms with E-state index in [1.807, 2.05) is 13.8 Å². The van der Waals surface area contributed by atoms with Crippen LogP contribution < -0.4 is 0 Å². The van der Waals surface area contributed by atoms with Crippen LogP contribution in [0.5, 0.6) is 11.5 Å². The molecule has 11 heteroatoms. The maximum absolute atomic E-state index is 14.6. The minimum absolute atomic E-state index is 0.0117. The molecule has 3 fully saturated rings. The molecule has 0 spiro atoms. The molecule has 3 atom stereocenters. The number of ketones is 1. The minimum Gasteiger partial charge on any atom is -0.508 e. The van der Waals surface area contributed by atoms with Crippen molar-refractivity contribution in [2.75, 3.05) is 13.2 Å². The molecule has 3 aliphatic carbocycles. The Morgan fingerprint density at radius 2 is 1.84 bits per heavy atom. The highest BCUT2D eigenvalue weighted by Crippen LogP contribution is 2.64. The van der Waals surface area contributed by atoms with Crippen LogP contribution in [0, 0.1) is 27.4 Å². The molecule has 1 aromatic rings. The quantitative estimate of drug-likeness (QED) is 0.249. The molecule has 176 valence electrons. The number of halogens is 2. The van der Waals surface area contributed by atoms with Crippen molar-refractivity contribution >= 4 is 11.8 Å². The molecule has 2 bridgehead atoms. The number of unbranched alkanes of at least 4 members (excludes halogenated alkanes) is 1. The number of Topliss-reactive ketones (excluding diaryl/α,β-unsaturated/α-hetero) is 1. The fourth-order valence-corrected chi connectivity index (χ4v) is 4.89. The highest BCUT2D eigenvalue weighted by Gasteiger charge is 2.59. The number of alkyl halides is 2. The number of phenolic OH excluding ortho intramolecular Hbond substituents is 2. The zero-order valence-corrected chi connectivity index (χ0v) is 17.7. The Morgan fingerprint density at radius 1 is 1.25 bits per heavy atom. The number of phenols is 2. The first-order chi connectivity index (χ1) is 14.9. The molecule has 3 saturated carbocycles. The molecule has 0 saturated heterocycles. The summed E-state index contributed by atoms with van der Waals surface area (Å²) in [5, 5.41) is 29.9. The Morgan fingerprint density at radius 3 is 2.38 bits per heavy atom. The van der Waals surface area contributed by atoms with Crippen molar-refractivity contribution in [3.8, 4) is 11.5 Å². The Labute approximate surface area is 182 Å². The van der Waals surface area contributed by atoms with Gasteiger partial charge in [0, 0.05) is 29.4 Å². The zero-order chi connectivity index (χ0) is 23.8. The lowest BCUT2D eigenvalue weighted by Crippen LogP contribution is -2.56. The van der Waals surface area contributed by atoms with E-state index < -0.39 is 46.6 Å². The Bertz CT molecular complexity index is 909. The third-order valence-electron chi connectivity index (χ3n) is 6.73. The Balaban J connectivity index is 1.70. The number of carbonyl (C=O) groups excluding carboxylic acids is 2. The van der Waals surface area contributed by atoms with Gasteiger partial charge in [-0.2, -0.15) is 8.78 Å². The van der Waals surface area contributed by atoms with Gasteiger partial charge in [0.1, 0.15) is 17.3 Å². The summed E-state index contributed by atoms with van der Waals surface area (Å²) in [7, 11) is 0. The van der Waals surface area contributed by atoms with E-state index in [2.05, 4.69) is 9.57 Å². The average molecular weight is 457 g/mol. The number of hydrogen-bond acceptors (Lipinski definition) is 8. The lowest BCUT2D eigenvalue weighted by Gasteiger charge is -2.59. The van der Waals surface area contributed by atoms with Crippen molar-refractivity contribution < 1.29 is 43.2 Å². The maximum Gasteiger partial charge on any atom is 0.381 e. The van der Waals surface area contributed by atoms with E-state index in [1.165, 1.54) is 0 Å². The lowest BCUT2D eigenvalue weighted by atomic mass is 9.44. The predicted octanol–water partition coefficient (Wildman–Crippen LogP) is 3.44. The number of rotatable bonds is 9. The molecule has 2 N–H and O–H groups in total. The third kappa shape index (κ3) is 4.20. The summed E-state index contributed by atoms with van der Waals surface area (Å²) >= 11 is 0. The Kier molecular flexibility index (Phi) is 6.30. The van der Waals surface area contributed by atoms with E-state index >= 15 is 0 Å². The van der Waals surface area contributed by atoms with Crippen LogP contribution in [0.25, 0.3) is 0 Å². The average Bonchev–Trinajstić information content (AvgIpc) is 2.68. The number of ether oxygens (including phenoxy) is 1. The van der Waals surface area contributed by atoms with Crippen LogP contribution in [0.2, 0.25) is 0 Å². The smallest absolute Gasteiger partial charge is 0.381 e. The van der Waals surface area contributed by atoms with E-state index in [-0.39, 0.29) is 54.5 Å². The van der Waals surface area contributed by atoms with E-state index in [0.717, 1.165) is 0 Å². The van der Waals surface area contributed by atoms with Gasteiger partial charge in [-0.25, -0.2) is 4.79 Å². The van der Waals surface area contributed by atoms with E-state index in [4.69, 9.17) is 0 Å². The first-order valence-electron chi connectivity index (χ1n) is 10.3. The molecule has 0 amide bonds. The molecule has 4 rings (SSSR count). The molecule has 0 aromatic heterocycles. The van der Waals surface area contributed by atoms with Crippen LogP contribution in [0.1, 0.15) is 56.6 Å². The highest BCUT2D eigenvalue weighted by molar-refractivity contribution is 5.86. The number of carbonyl (C=O) groups is 2. The van der Waals surface area contributed by atoms with Gasteiger partial charge in [0.15, 0.2) is 0 Å². The van der Waals surface area contributed by atoms with Crippen molar-refractivity contribution in [2.45, 2.75) is 51.4 Å². The lowest BCUT2D eigenvalue weighted by molar-refractivity contribution is -0.757. The summed E-state index contributed by atoms with van der Waals surface area (Å²) in [5.41, 5.74) is -1.21. The maximum atomic E-state index is 14.6. The van der Waals surface area contributed by atoms with Gasteiger partial charge < -0.3 is 19.8 Å². The van der Waals surface area contributed by atoms with E-state index in [1.54, 1.807) is 0 Å². The van der Waals surface area contributed by atoms with Gasteiger partial charge in [0.25, 0.3) is 5.09 Å². The van der Waals surface area contributed by atoms with Crippen LogP contribution in [0.4, 0.5) is 8.78 Å². The topological polar surface area (TPSA) is 136 Å². The first-order valence-corrected chi connectivity index (χ1v) is 10.3. The molecule has 1 aromatic carbocycles. The van der Waals surface area contributed by atoms with Crippen molar-refractivity contribution in [3.63, 3.8) is 0 Å². The normalized spacial score (nSPS) is 23.9. The number of hydrogen-bond donors (Lipinski definition) is 2. The molecule has 0 heterocycles. The number of benzene rings is 1. The van der Waals surface area contributed by atoms with Crippen LogP contribution in [-0.2, 0) is 25.1 Å². The van der Waals surface area contributed by atoms with Crippen LogP contribution in [0.3, 0.4) is 0 Å². The summed E-state index contributed by atoms with van der Waals surface area (Å²) in [6.07, 6.45) is 0.914. The van der Waals surface area contributed by atoms with Crippen molar-refractivity contribution in [1.29, 1.82) is 0 Å². The second kappa shape index (κ2) is 8.51. The summed E-state index contributed by atoms with van der Waals surface area (Å²) in [6, 6.07) is 1.42. The van der Waals surface area contributed by atoms with Gasteiger partial charge in [-0.05, 0) is 42.7 Å². The summed E-state index contributed by atoms with van der Waals surface area (Å²) in [4.78, 5) is 38.3. The third-order valence-corrected chi connectivity index (χ3v) is 6.73. The van der Waals surface area contributed by atoms with Gasteiger partial charge in [-0.3, -0.25) is 4.79 Å². The molecule has 0 unspecified atom stereocenters. The van der Waals surface area contributed by atoms with Gasteiger partial charge in [0.2, 0.25) is 0 Å². The van der Waals surface area contributed by atoms with Crippen LogP contribution in [0.15, 0.2) is 12.1 Å². The van der Waals surface area contributed by atoms with Gasteiger partial charge >= 0.3 is 11.9 Å². The van der Waals surface area contributed by atoms with Gasteiger partial charge in [-0.1, -0.05) is 13.8 Å². The van der Waals surface area contributed by atoms with Crippen molar-refractivity contribution in [2.24, 2.45) is 17.3 Å². The predicted molar refractivity (Wildman–Crippen MR) is 105 cm³/mol. The minimum atomic E-state index is -4.14. The van der Waals surface area contributed by atoms with Gasteiger partial charge in [-0.15, -0.1) is 10.1 Å². The molecule has 0 radical (unpaired) electrons. The van der Waals surface area contributed by atoms with Crippen molar-refractivity contribution in [1.82, 2.24) is 0 Å². The van der Waals surface area contributed by atoms with E-state index in [0.29, 0.717) is 18.6 Å². The molecule has 0 aliphatic heterocycles. The van der Waals surface area contributed by atoms with Crippen molar-refractivity contribution in [3.05, 3.63) is 33.4 Å². The summed E-state index contributed by atoms with van der Waals surface area (Å²) < 4.78 is 33.7. The standard InChI is InChI=1S/C21H25F2NO8/c1-20(2)13-10-14(20)15(25)9-12(13)18-16(26)7-11(8-17(18)27)21(22,23)19(28)31-5-3-4-6-32-24(29)30/h7-8,12-14,26-27H,3-6,9-10H2,1-2H3/t12-,13+,14+/m0/s1. The number of fused-ring (bicyclic) bond motifs is 2. The van der Waals surface area contributed by atoms with Crippen LogP contribution >= 0.6 is 0 Å². The van der Waals surface area contributed by atoms with E-state index in [9.17, 15) is 38.7 Å². The molecular weight excluding hydrogens is 432 g/mol. The fourth-order valence-electron chi connectivity index (χ4n) is 4.89. The molecule has 9 nitrogen and oxygen atoms in total. The SMILES string of the molecule is CC1(C)[C@@H]2C[C@@H]1[C@@H](c1c(O)cc(C(F)(F)C(=O)OCCCCO[N+](=O)[O-])cc1O)CC2=O. The summed E-state index contributed by atoms with van der Waals surface area (Å²) in [6.45, 7) is 3.21. The summed E-state index contributed by atoms with van der Waals surface area (Å²) in [5.74, 6) is -7.79. The molecule has 3 aliphatic rings. The number of nitrogens with zero attached hydrogens (tertiary/aromatic N) is 1. The second-order valence-corrected chi connectivity index (χ2v) is 8.90. The van der Waals surface area contributed by atoms with Crippen LogP contribution in [-0.4, -0.2) is 40.3 Å². The van der Waals surface area contributed by atoms with Gasteiger partial charge in [0.05, 0.1) is 13.2 Å². The number of aromatic hydroxyl groups is 2. The highest BCUT2D eigenvalue weighted by atomic mass is 19.3. The number of esters is 1. The molecular formula is C21H25F2NO8. The first kappa shape index (κ1) is 23.7. The molecule has 32 heavy (non-hydrogen) atoms. The second-order valence-electron chi connectivity index (χ2n) is 8.90. The fraction of sp³-hybridized carbons (Fsp3) is 0.619. The largest absolute Gasteiger partial charge is 0.508 e. The zero-order valence-electron chi connectivity index (χ0n) is 17.7. The Hall–Kier alpha value is -2.98. The monoisotopic (exact) mass is 457 g/mol.